The van der Waals surface area contributed by atoms with E-state index in [2.05, 4.69) is 45.9 Å². The number of aliphatic carboxylic acids is 1. The SMILES string of the molecule is Cc1cccc(C)c1CC1CC(C)(C)CCC1C(=O)O. The zero-order chi connectivity index (χ0) is 14.9. The Balaban J connectivity index is 2.25. The molecule has 0 bridgehead atoms. The molecule has 0 radical (unpaired) electrons. The summed E-state index contributed by atoms with van der Waals surface area (Å²) in [5, 5.41) is 9.50. The third-order valence-corrected chi connectivity index (χ3v) is 4.94. The van der Waals surface area contributed by atoms with E-state index in [1.165, 1.54) is 16.7 Å². The summed E-state index contributed by atoms with van der Waals surface area (Å²) >= 11 is 0. The number of carbonyl (C=O) groups is 1. The Bertz CT molecular complexity index is 482. The van der Waals surface area contributed by atoms with E-state index in [1.807, 2.05) is 0 Å². The van der Waals surface area contributed by atoms with Crippen LogP contribution in [0, 0.1) is 31.1 Å². The minimum absolute atomic E-state index is 0.179. The van der Waals surface area contributed by atoms with Crippen molar-refractivity contribution < 1.29 is 9.90 Å². The van der Waals surface area contributed by atoms with Gasteiger partial charge in [-0.15, -0.1) is 0 Å². The van der Waals surface area contributed by atoms with Gasteiger partial charge in [0.25, 0.3) is 0 Å². The zero-order valence-corrected chi connectivity index (χ0v) is 13.1. The molecule has 1 fully saturated rings. The van der Waals surface area contributed by atoms with Crippen LogP contribution in [0.5, 0.6) is 0 Å². The van der Waals surface area contributed by atoms with E-state index >= 15 is 0 Å². The van der Waals surface area contributed by atoms with Crippen molar-refractivity contribution in [2.75, 3.05) is 0 Å². The predicted molar refractivity (Wildman–Crippen MR) is 81.9 cm³/mol. The molecule has 0 aromatic heterocycles. The van der Waals surface area contributed by atoms with Crippen LogP contribution in [0.3, 0.4) is 0 Å². The summed E-state index contributed by atoms with van der Waals surface area (Å²) in [6.45, 7) is 8.80. The van der Waals surface area contributed by atoms with Gasteiger partial charge in [-0.25, -0.2) is 0 Å². The van der Waals surface area contributed by atoms with E-state index in [4.69, 9.17) is 0 Å². The lowest BCUT2D eigenvalue weighted by Gasteiger charge is -2.39. The van der Waals surface area contributed by atoms with Crippen molar-refractivity contribution in [1.29, 1.82) is 0 Å². The molecule has 2 atom stereocenters. The fraction of sp³-hybridized carbons (Fsp3) is 0.611. The molecule has 1 aromatic carbocycles. The molecule has 110 valence electrons. The second-order valence-corrected chi connectivity index (χ2v) is 7.19. The number of carboxylic acid groups (broad SMARTS) is 1. The molecule has 0 heterocycles. The number of hydrogen-bond acceptors (Lipinski definition) is 1. The molecule has 0 amide bonds. The minimum atomic E-state index is -0.614. The average molecular weight is 274 g/mol. The predicted octanol–water partition coefficient (Wildman–Crippen LogP) is 4.37. The van der Waals surface area contributed by atoms with E-state index in [9.17, 15) is 9.90 Å². The number of benzene rings is 1. The highest BCUT2D eigenvalue weighted by Crippen LogP contribution is 2.43. The maximum Gasteiger partial charge on any atom is 0.306 e. The number of hydrogen-bond donors (Lipinski definition) is 1. The zero-order valence-electron chi connectivity index (χ0n) is 13.1. The smallest absolute Gasteiger partial charge is 0.306 e. The lowest BCUT2D eigenvalue weighted by atomic mass is 9.65. The van der Waals surface area contributed by atoms with Crippen LogP contribution in [0.2, 0.25) is 0 Å². The highest BCUT2D eigenvalue weighted by molar-refractivity contribution is 5.70. The van der Waals surface area contributed by atoms with Crippen molar-refractivity contribution in [2.24, 2.45) is 17.3 Å². The van der Waals surface area contributed by atoms with Crippen LogP contribution in [0.1, 0.15) is 49.8 Å². The molecule has 2 heteroatoms. The molecular formula is C18H26O2. The Morgan fingerprint density at radius 2 is 1.90 bits per heavy atom. The molecular weight excluding hydrogens is 248 g/mol. The van der Waals surface area contributed by atoms with E-state index in [-0.39, 0.29) is 17.3 Å². The molecule has 0 spiro atoms. The second kappa shape index (κ2) is 5.59. The van der Waals surface area contributed by atoms with Gasteiger partial charge >= 0.3 is 5.97 Å². The van der Waals surface area contributed by atoms with Crippen LogP contribution in [0.4, 0.5) is 0 Å². The van der Waals surface area contributed by atoms with Crippen LogP contribution >= 0.6 is 0 Å². The molecule has 2 nitrogen and oxygen atoms in total. The van der Waals surface area contributed by atoms with Gasteiger partial charge in [-0.2, -0.15) is 0 Å². The van der Waals surface area contributed by atoms with Crippen LogP contribution in [0.15, 0.2) is 18.2 Å². The fourth-order valence-corrected chi connectivity index (χ4v) is 3.71. The van der Waals surface area contributed by atoms with Gasteiger partial charge in [0.1, 0.15) is 0 Å². The third kappa shape index (κ3) is 3.23. The van der Waals surface area contributed by atoms with Crippen molar-refractivity contribution in [1.82, 2.24) is 0 Å². The molecule has 0 aliphatic heterocycles. The fourth-order valence-electron chi connectivity index (χ4n) is 3.71. The van der Waals surface area contributed by atoms with Gasteiger partial charge in [0, 0.05) is 0 Å². The topological polar surface area (TPSA) is 37.3 Å². The average Bonchev–Trinajstić information content (AvgIpc) is 2.32. The van der Waals surface area contributed by atoms with Crippen LogP contribution in [-0.4, -0.2) is 11.1 Å². The maximum atomic E-state index is 11.5. The van der Waals surface area contributed by atoms with Crippen molar-refractivity contribution >= 4 is 5.97 Å². The summed E-state index contributed by atoms with van der Waals surface area (Å²) in [7, 11) is 0. The number of aryl methyl sites for hydroxylation is 2. The highest BCUT2D eigenvalue weighted by atomic mass is 16.4. The molecule has 1 N–H and O–H groups in total. The third-order valence-electron chi connectivity index (χ3n) is 4.94. The first-order valence-electron chi connectivity index (χ1n) is 7.58. The van der Waals surface area contributed by atoms with Gasteiger partial charge < -0.3 is 5.11 Å². The quantitative estimate of drug-likeness (QED) is 0.888. The summed E-state index contributed by atoms with van der Waals surface area (Å²) in [5.74, 6) is -0.533. The molecule has 1 aliphatic rings. The second-order valence-electron chi connectivity index (χ2n) is 7.19. The highest BCUT2D eigenvalue weighted by Gasteiger charge is 2.38. The van der Waals surface area contributed by atoms with Gasteiger partial charge in [0.05, 0.1) is 5.92 Å². The van der Waals surface area contributed by atoms with E-state index in [0.717, 1.165) is 25.7 Å². The lowest BCUT2D eigenvalue weighted by molar-refractivity contribution is -0.146. The van der Waals surface area contributed by atoms with E-state index in [1.54, 1.807) is 0 Å². The molecule has 0 saturated heterocycles. The van der Waals surface area contributed by atoms with Crippen LogP contribution in [0.25, 0.3) is 0 Å². The molecule has 2 unspecified atom stereocenters. The van der Waals surface area contributed by atoms with Crippen molar-refractivity contribution in [2.45, 2.75) is 53.4 Å². The number of rotatable bonds is 3. The molecule has 1 saturated carbocycles. The first-order chi connectivity index (χ1) is 9.30. The van der Waals surface area contributed by atoms with Gasteiger partial charge in [0.2, 0.25) is 0 Å². The molecule has 2 rings (SSSR count). The summed E-state index contributed by atoms with van der Waals surface area (Å²) in [5.41, 5.74) is 4.20. The van der Waals surface area contributed by atoms with Crippen molar-refractivity contribution in [3.63, 3.8) is 0 Å². The lowest BCUT2D eigenvalue weighted by Crippen LogP contribution is -2.35. The Morgan fingerprint density at radius 3 is 2.45 bits per heavy atom. The van der Waals surface area contributed by atoms with Gasteiger partial charge in [-0.05, 0) is 67.6 Å². The van der Waals surface area contributed by atoms with Crippen molar-refractivity contribution in [3.8, 4) is 0 Å². The van der Waals surface area contributed by atoms with Crippen LogP contribution < -0.4 is 0 Å². The standard InChI is InChI=1S/C18H26O2/c1-12-6-5-7-13(2)16(12)10-14-11-18(3,4)9-8-15(14)17(19)20/h5-7,14-15H,8-11H2,1-4H3,(H,19,20). The largest absolute Gasteiger partial charge is 0.481 e. The van der Waals surface area contributed by atoms with Gasteiger partial charge in [-0.1, -0.05) is 32.0 Å². The Labute approximate surface area is 122 Å². The normalized spacial score (nSPS) is 25.4. The van der Waals surface area contributed by atoms with Gasteiger partial charge in [-0.3, -0.25) is 4.79 Å². The first kappa shape index (κ1) is 15.1. The van der Waals surface area contributed by atoms with Crippen molar-refractivity contribution in [3.05, 3.63) is 34.9 Å². The molecule has 20 heavy (non-hydrogen) atoms. The Kier molecular flexibility index (Phi) is 4.22. The summed E-state index contributed by atoms with van der Waals surface area (Å²) in [6, 6.07) is 6.34. The Hall–Kier alpha value is -1.31. The van der Waals surface area contributed by atoms with E-state index in [0.29, 0.717) is 0 Å². The molecule has 1 aliphatic carbocycles. The molecule has 1 aromatic rings. The Morgan fingerprint density at radius 1 is 1.30 bits per heavy atom. The van der Waals surface area contributed by atoms with E-state index < -0.39 is 5.97 Å². The monoisotopic (exact) mass is 274 g/mol. The summed E-state index contributed by atoms with van der Waals surface area (Å²) in [6.07, 6.45) is 3.75. The maximum absolute atomic E-state index is 11.5. The summed E-state index contributed by atoms with van der Waals surface area (Å²) < 4.78 is 0. The first-order valence-corrected chi connectivity index (χ1v) is 7.58. The number of carboxylic acids is 1. The summed E-state index contributed by atoms with van der Waals surface area (Å²) in [4.78, 5) is 11.5. The van der Waals surface area contributed by atoms with Crippen LogP contribution in [-0.2, 0) is 11.2 Å². The van der Waals surface area contributed by atoms with Gasteiger partial charge in [0.15, 0.2) is 0 Å². The minimum Gasteiger partial charge on any atom is -0.481 e.